The highest BCUT2D eigenvalue weighted by Gasteiger charge is 2.13. The fourth-order valence-electron chi connectivity index (χ4n) is 0.974. The van der Waals surface area contributed by atoms with E-state index < -0.39 is 4.92 Å². The highest BCUT2D eigenvalue weighted by atomic mass is 32.2. The third-order valence-corrected chi connectivity index (χ3v) is 2.43. The summed E-state index contributed by atoms with van der Waals surface area (Å²) < 4.78 is 0. The van der Waals surface area contributed by atoms with Gasteiger partial charge in [-0.1, -0.05) is 23.6 Å². The molecule has 1 rings (SSSR count). The number of carbonyl (C=O) groups is 1. The Labute approximate surface area is 102 Å². The van der Waals surface area contributed by atoms with Gasteiger partial charge < -0.3 is 5.73 Å². The second-order valence-electron chi connectivity index (χ2n) is 2.96. The van der Waals surface area contributed by atoms with Crippen LogP contribution in [0, 0.1) is 22.0 Å². The molecule has 0 aliphatic heterocycles. The van der Waals surface area contributed by atoms with Crippen LogP contribution < -0.4 is 5.73 Å². The summed E-state index contributed by atoms with van der Waals surface area (Å²) >= 11 is 1.06. The van der Waals surface area contributed by atoms with Gasteiger partial charge >= 0.3 is 5.69 Å². The van der Waals surface area contributed by atoms with Crippen LogP contribution in [0.1, 0.15) is 12.5 Å². The lowest BCUT2D eigenvalue weighted by Crippen LogP contribution is -1.99. The van der Waals surface area contributed by atoms with Crippen LogP contribution in [0.5, 0.6) is 0 Å². The molecular formula is C10H9N3O3S. The Kier molecular flexibility index (Phi) is 4.48. The van der Waals surface area contributed by atoms with Gasteiger partial charge in [-0.2, -0.15) is 0 Å². The fraction of sp³-hybridized carbons (Fsp3) is 0.200. The summed E-state index contributed by atoms with van der Waals surface area (Å²) in [5, 5.41) is 10.5. The lowest BCUT2D eigenvalue weighted by atomic mass is 10.2. The Morgan fingerprint density at radius 2 is 2.35 bits per heavy atom. The van der Waals surface area contributed by atoms with E-state index in [1.165, 1.54) is 13.1 Å². The largest absolute Gasteiger partial charge is 0.392 e. The third-order valence-electron chi connectivity index (χ3n) is 1.73. The maximum atomic E-state index is 10.6. The number of pyridine rings is 1. The zero-order valence-corrected chi connectivity index (χ0v) is 9.78. The molecule has 0 saturated heterocycles. The van der Waals surface area contributed by atoms with Crippen LogP contribution in [0.4, 0.5) is 11.4 Å². The molecule has 0 radical (unpaired) electrons. The normalized spacial score (nSPS) is 9.24. The number of rotatable bonds is 2. The Hall–Kier alpha value is -2.07. The van der Waals surface area contributed by atoms with Crippen molar-refractivity contribution in [2.75, 3.05) is 11.5 Å². The summed E-state index contributed by atoms with van der Waals surface area (Å²) in [6.45, 7) is 1.44. The lowest BCUT2D eigenvalue weighted by molar-refractivity contribution is -0.384. The molecule has 0 fully saturated rings. The van der Waals surface area contributed by atoms with E-state index in [9.17, 15) is 14.9 Å². The molecule has 0 bridgehead atoms. The summed E-state index contributed by atoms with van der Waals surface area (Å²) in [6, 6.07) is 0. The van der Waals surface area contributed by atoms with Gasteiger partial charge in [0.05, 0.1) is 16.2 Å². The van der Waals surface area contributed by atoms with E-state index in [1.54, 1.807) is 0 Å². The smallest absolute Gasteiger partial charge is 0.311 e. The fourth-order valence-corrected chi connectivity index (χ4v) is 1.32. The number of carbonyl (C=O) groups excluding carboxylic acids is 1. The Balaban J connectivity index is 2.88. The summed E-state index contributed by atoms with van der Waals surface area (Å²) in [7, 11) is 0. The molecule has 6 nitrogen and oxygen atoms in total. The standard InChI is InChI=1S/C10H9N3O3S/c1-7(14)17-4-2-3-8-5-12-6-9(10(8)11)13(15)16/h5-6H,4H2,1H3,(H2,11,12). The lowest BCUT2D eigenvalue weighted by Gasteiger charge is -1.97. The molecule has 1 aromatic heterocycles. The topological polar surface area (TPSA) is 99.1 Å². The summed E-state index contributed by atoms with van der Waals surface area (Å²) in [4.78, 5) is 24.3. The third kappa shape index (κ3) is 3.77. The predicted molar refractivity (Wildman–Crippen MR) is 65.3 cm³/mol. The predicted octanol–water partition coefficient (Wildman–Crippen LogP) is 1.20. The van der Waals surface area contributed by atoms with Gasteiger partial charge in [-0.15, -0.1) is 0 Å². The van der Waals surface area contributed by atoms with Crippen LogP contribution in [0.2, 0.25) is 0 Å². The number of nitrogens with zero attached hydrogens (tertiary/aromatic N) is 2. The van der Waals surface area contributed by atoms with E-state index >= 15 is 0 Å². The van der Waals surface area contributed by atoms with Gasteiger partial charge in [0.15, 0.2) is 5.12 Å². The molecule has 0 atom stereocenters. The molecule has 0 aromatic carbocycles. The minimum Gasteiger partial charge on any atom is -0.392 e. The van der Waals surface area contributed by atoms with E-state index in [0.717, 1.165) is 18.0 Å². The zero-order chi connectivity index (χ0) is 12.8. The second-order valence-corrected chi connectivity index (χ2v) is 4.11. The molecule has 0 aliphatic rings. The van der Waals surface area contributed by atoms with Gasteiger partial charge in [-0.3, -0.25) is 19.9 Å². The summed E-state index contributed by atoms with van der Waals surface area (Å²) in [6.07, 6.45) is 2.43. The highest BCUT2D eigenvalue weighted by Crippen LogP contribution is 2.22. The zero-order valence-electron chi connectivity index (χ0n) is 8.97. The van der Waals surface area contributed by atoms with Gasteiger partial charge in [0.25, 0.3) is 0 Å². The number of anilines is 1. The van der Waals surface area contributed by atoms with E-state index in [2.05, 4.69) is 16.8 Å². The first-order chi connectivity index (χ1) is 8.02. The number of nitro groups is 1. The molecular weight excluding hydrogens is 242 g/mol. The quantitative estimate of drug-likeness (QED) is 0.481. The molecule has 7 heteroatoms. The van der Waals surface area contributed by atoms with Gasteiger partial charge in [-0.25, -0.2) is 0 Å². The van der Waals surface area contributed by atoms with Gasteiger partial charge in [-0.05, 0) is 0 Å². The van der Waals surface area contributed by atoms with Crippen LogP contribution in [-0.2, 0) is 4.79 Å². The average Bonchev–Trinajstić information content (AvgIpc) is 2.25. The first-order valence-electron chi connectivity index (χ1n) is 4.52. The van der Waals surface area contributed by atoms with Crippen LogP contribution >= 0.6 is 11.8 Å². The van der Waals surface area contributed by atoms with Crippen molar-refractivity contribution in [1.82, 2.24) is 4.98 Å². The maximum Gasteiger partial charge on any atom is 0.311 e. The number of nitrogen functional groups attached to an aromatic ring is 1. The van der Waals surface area contributed by atoms with Crippen LogP contribution in [0.3, 0.4) is 0 Å². The van der Waals surface area contributed by atoms with Gasteiger partial charge in [0, 0.05) is 13.1 Å². The van der Waals surface area contributed by atoms with Crippen molar-refractivity contribution < 1.29 is 9.72 Å². The Morgan fingerprint density at radius 3 is 2.94 bits per heavy atom. The first-order valence-corrected chi connectivity index (χ1v) is 5.51. The number of nitrogens with two attached hydrogens (primary N) is 1. The molecule has 88 valence electrons. The second kappa shape index (κ2) is 5.86. The van der Waals surface area contributed by atoms with Crippen molar-refractivity contribution >= 4 is 28.3 Å². The SMILES string of the molecule is CC(=O)SCC#Cc1cncc([N+](=O)[O-])c1N. The van der Waals surface area contributed by atoms with Crippen molar-refractivity contribution in [3.8, 4) is 11.8 Å². The van der Waals surface area contributed by atoms with E-state index in [4.69, 9.17) is 5.73 Å². The average molecular weight is 251 g/mol. The van der Waals surface area contributed by atoms with E-state index in [-0.39, 0.29) is 16.5 Å². The van der Waals surface area contributed by atoms with Crippen molar-refractivity contribution in [3.63, 3.8) is 0 Å². The monoisotopic (exact) mass is 251 g/mol. The number of hydrogen-bond donors (Lipinski definition) is 1. The first kappa shape index (κ1) is 13.0. The van der Waals surface area contributed by atoms with Crippen molar-refractivity contribution in [2.45, 2.75) is 6.92 Å². The minimum atomic E-state index is -0.613. The minimum absolute atomic E-state index is 0.00896. The van der Waals surface area contributed by atoms with Crippen molar-refractivity contribution in [2.24, 2.45) is 0 Å². The highest BCUT2D eigenvalue weighted by molar-refractivity contribution is 8.13. The number of aromatic nitrogens is 1. The molecule has 0 amide bonds. The van der Waals surface area contributed by atoms with Crippen molar-refractivity contribution in [1.29, 1.82) is 0 Å². The van der Waals surface area contributed by atoms with E-state index in [1.807, 2.05) is 0 Å². The Morgan fingerprint density at radius 1 is 1.65 bits per heavy atom. The maximum absolute atomic E-state index is 10.6. The van der Waals surface area contributed by atoms with Crippen LogP contribution in [-0.4, -0.2) is 20.8 Å². The van der Waals surface area contributed by atoms with Crippen molar-refractivity contribution in [3.05, 3.63) is 28.1 Å². The molecule has 0 saturated carbocycles. The van der Waals surface area contributed by atoms with Crippen LogP contribution in [0.15, 0.2) is 12.4 Å². The molecule has 17 heavy (non-hydrogen) atoms. The Bertz CT molecular complexity index is 519. The summed E-state index contributed by atoms with van der Waals surface area (Å²) in [5.41, 5.74) is 5.59. The van der Waals surface area contributed by atoms with Crippen LogP contribution in [0.25, 0.3) is 0 Å². The van der Waals surface area contributed by atoms with Gasteiger partial charge in [0.2, 0.25) is 0 Å². The van der Waals surface area contributed by atoms with E-state index in [0.29, 0.717) is 11.3 Å². The number of hydrogen-bond acceptors (Lipinski definition) is 6. The molecule has 0 unspecified atom stereocenters. The molecule has 1 heterocycles. The molecule has 0 spiro atoms. The number of thioether (sulfide) groups is 1. The molecule has 1 aromatic rings. The van der Waals surface area contributed by atoms with Gasteiger partial charge in [0.1, 0.15) is 11.9 Å². The molecule has 0 aliphatic carbocycles. The summed E-state index contributed by atoms with van der Waals surface area (Å²) in [5.74, 6) is 5.66. The molecule has 2 N–H and O–H groups in total.